The number of rotatable bonds is 4. The van der Waals surface area contributed by atoms with Crippen LogP contribution in [0.2, 0.25) is 0 Å². The van der Waals surface area contributed by atoms with Gasteiger partial charge < -0.3 is 4.74 Å². The third-order valence-electron chi connectivity index (χ3n) is 5.30. The highest BCUT2D eigenvalue weighted by atomic mass is 32.2. The maximum Gasteiger partial charge on any atom is 0.316 e. The van der Waals surface area contributed by atoms with Crippen LogP contribution in [0.1, 0.15) is 26.3 Å². The molecule has 0 aliphatic carbocycles. The average Bonchev–Trinajstić information content (AvgIpc) is 3.13. The number of fused-ring (bicyclic) bond motifs is 1. The Hall–Kier alpha value is -3.45. The lowest BCUT2D eigenvalue weighted by Crippen LogP contribution is -2.25. The van der Waals surface area contributed by atoms with E-state index in [1.165, 1.54) is 28.4 Å². The summed E-state index contributed by atoms with van der Waals surface area (Å²) in [5.41, 5.74) is 1.89. The highest BCUT2D eigenvalue weighted by molar-refractivity contribution is 7.90. The van der Waals surface area contributed by atoms with Gasteiger partial charge in [0.05, 0.1) is 15.8 Å². The van der Waals surface area contributed by atoms with Gasteiger partial charge in [-0.25, -0.2) is 16.8 Å². The molecule has 0 unspecified atom stereocenters. The van der Waals surface area contributed by atoms with E-state index in [1.54, 1.807) is 69.3 Å². The Morgan fingerprint density at radius 3 is 2.18 bits per heavy atom. The highest BCUT2D eigenvalue weighted by Gasteiger charge is 2.24. The summed E-state index contributed by atoms with van der Waals surface area (Å²) in [4.78, 5) is 12.3. The first kappa shape index (κ1) is 22.7. The van der Waals surface area contributed by atoms with Crippen LogP contribution in [0.4, 0.5) is 4.39 Å². The van der Waals surface area contributed by atoms with Crippen molar-refractivity contribution >= 4 is 26.9 Å². The molecule has 7 heteroatoms. The Kier molecular flexibility index (Phi) is 5.62. The van der Waals surface area contributed by atoms with Gasteiger partial charge in [0, 0.05) is 17.1 Å². The highest BCUT2D eigenvalue weighted by Crippen LogP contribution is 2.34. The Balaban J connectivity index is 1.80. The van der Waals surface area contributed by atoms with Crippen molar-refractivity contribution in [2.24, 2.45) is 5.41 Å². The number of benzene rings is 3. The summed E-state index contributed by atoms with van der Waals surface area (Å²) in [6.07, 6.45) is 1.50. The van der Waals surface area contributed by atoms with Gasteiger partial charge in [0.15, 0.2) is 0 Å². The fourth-order valence-corrected chi connectivity index (χ4v) is 4.76. The first-order valence-electron chi connectivity index (χ1n) is 10.4. The molecule has 0 aliphatic heterocycles. The maximum atomic E-state index is 14.1. The number of carbonyl (C=O) groups excluding carboxylic acids is 1. The summed E-state index contributed by atoms with van der Waals surface area (Å²) in [5.74, 6) is -0.455. The Morgan fingerprint density at radius 2 is 1.58 bits per heavy atom. The summed E-state index contributed by atoms with van der Waals surface area (Å²) in [6.45, 7) is 7.18. The molecule has 0 saturated heterocycles. The first-order chi connectivity index (χ1) is 15.5. The molecular weight excluding hydrogens is 441 g/mol. The number of carbonyl (C=O) groups is 1. The minimum absolute atomic E-state index is 0.144. The van der Waals surface area contributed by atoms with Crippen molar-refractivity contribution in [1.82, 2.24) is 3.97 Å². The molecule has 1 heterocycles. The second-order valence-corrected chi connectivity index (χ2v) is 10.8. The predicted octanol–water partition coefficient (Wildman–Crippen LogP) is 5.94. The molecule has 0 radical (unpaired) electrons. The normalized spacial score (nSPS) is 12.2. The van der Waals surface area contributed by atoms with E-state index >= 15 is 0 Å². The van der Waals surface area contributed by atoms with E-state index < -0.39 is 21.3 Å². The van der Waals surface area contributed by atoms with Crippen LogP contribution in [0.15, 0.2) is 77.8 Å². The standard InChI is InChI=1S/C26H24FNO4S/c1-17-5-12-21(13-6-17)33(30,31)28-16-23(22-15-19(27)9-14-24(22)28)18-7-10-20(11-8-18)32-25(29)26(2,3)4/h5-16H,1-4H3. The molecule has 0 aliphatic rings. The number of aromatic nitrogens is 1. The summed E-state index contributed by atoms with van der Waals surface area (Å²) in [7, 11) is -3.90. The largest absolute Gasteiger partial charge is 0.426 e. The second kappa shape index (κ2) is 8.15. The van der Waals surface area contributed by atoms with Crippen LogP contribution in [0.3, 0.4) is 0 Å². The maximum absolute atomic E-state index is 14.1. The second-order valence-electron chi connectivity index (χ2n) is 8.98. The van der Waals surface area contributed by atoms with Crippen LogP contribution < -0.4 is 4.74 Å². The summed E-state index contributed by atoms with van der Waals surface area (Å²) in [6, 6.07) is 17.3. The van der Waals surface area contributed by atoms with E-state index in [-0.39, 0.29) is 10.9 Å². The zero-order valence-corrected chi connectivity index (χ0v) is 19.6. The molecule has 0 bridgehead atoms. The number of hydrogen-bond acceptors (Lipinski definition) is 4. The molecule has 170 valence electrons. The van der Waals surface area contributed by atoms with Crippen LogP contribution >= 0.6 is 0 Å². The molecule has 0 atom stereocenters. The number of esters is 1. The molecule has 4 aromatic rings. The molecule has 0 spiro atoms. The Bertz CT molecular complexity index is 1450. The van der Waals surface area contributed by atoms with E-state index in [1.807, 2.05) is 6.92 Å². The van der Waals surface area contributed by atoms with Crippen molar-refractivity contribution in [3.8, 4) is 16.9 Å². The summed E-state index contributed by atoms with van der Waals surface area (Å²) in [5, 5.41) is 0.463. The Morgan fingerprint density at radius 1 is 0.939 bits per heavy atom. The molecule has 1 aromatic heterocycles. The van der Waals surface area contributed by atoms with E-state index in [9.17, 15) is 17.6 Å². The Labute approximate surface area is 192 Å². The van der Waals surface area contributed by atoms with Crippen LogP contribution in [0.5, 0.6) is 5.75 Å². The lowest BCUT2D eigenvalue weighted by molar-refractivity contribution is -0.142. The predicted molar refractivity (Wildman–Crippen MR) is 126 cm³/mol. The molecule has 0 fully saturated rings. The van der Waals surface area contributed by atoms with Gasteiger partial charge in [-0.15, -0.1) is 0 Å². The van der Waals surface area contributed by atoms with Crippen LogP contribution in [0, 0.1) is 18.2 Å². The first-order valence-corrected chi connectivity index (χ1v) is 11.9. The average molecular weight is 466 g/mol. The summed E-state index contributed by atoms with van der Waals surface area (Å²) >= 11 is 0. The molecular formula is C26H24FNO4S. The summed E-state index contributed by atoms with van der Waals surface area (Å²) < 4.78 is 47.4. The van der Waals surface area contributed by atoms with Gasteiger partial charge in [-0.05, 0) is 75.7 Å². The van der Waals surface area contributed by atoms with E-state index in [4.69, 9.17) is 4.74 Å². The van der Waals surface area contributed by atoms with E-state index in [0.717, 1.165) is 5.56 Å². The zero-order valence-electron chi connectivity index (χ0n) is 18.8. The van der Waals surface area contributed by atoms with Gasteiger partial charge in [0.2, 0.25) is 0 Å². The van der Waals surface area contributed by atoms with Crippen LogP contribution in [-0.2, 0) is 14.8 Å². The van der Waals surface area contributed by atoms with E-state index in [2.05, 4.69) is 0 Å². The van der Waals surface area contributed by atoms with Crippen molar-refractivity contribution < 1.29 is 22.3 Å². The van der Waals surface area contributed by atoms with Crippen LogP contribution in [0.25, 0.3) is 22.0 Å². The van der Waals surface area contributed by atoms with Crippen molar-refractivity contribution in [3.63, 3.8) is 0 Å². The van der Waals surface area contributed by atoms with Gasteiger partial charge in [-0.3, -0.25) is 4.79 Å². The molecule has 0 amide bonds. The van der Waals surface area contributed by atoms with Crippen LogP contribution in [-0.4, -0.2) is 18.4 Å². The van der Waals surface area contributed by atoms with E-state index in [0.29, 0.717) is 27.8 Å². The van der Waals surface area contributed by atoms with Crippen molar-refractivity contribution in [2.75, 3.05) is 0 Å². The third-order valence-corrected chi connectivity index (χ3v) is 6.99. The number of nitrogens with zero attached hydrogens (tertiary/aromatic N) is 1. The fraction of sp³-hybridized carbons (Fsp3) is 0.192. The number of ether oxygens (including phenoxy) is 1. The molecule has 3 aromatic carbocycles. The van der Waals surface area contributed by atoms with Gasteiger partial charge in [-0.1, -0.05) is 29.8 Å². The van der Waals surface area contributed by atoms with Gasteiger partial charge >= 0.3 is 5.97 Å². The molecule has 0 N–H and O–H groups in total. The van der Waals surface area contributed by atoms with Crippen molar-refractivity contribution in [3.05, 3.63) is 84.3 Å². The molecule has 5 nitrogen and oxygen atoms in total. The minimum Gasteiger partial charge on any atom is -0.426 e. The van der Waals surface area contributed by atoms with Gasteiger partial charge in [-0.2, -0.15) is 0 Å². The zero-order chi connectivity index (χ0) is 24.0. The number of aryl methyl sites for hydroxylation is 1. The minimum atomic E-state index is -3.90. The SMILES string of the molecule is Cc1ccc(S(=O)(=O)n2cc(-c3ccc(OC(=O)C(C)(C)C)cc3)c3cc(F)ccc32)cc1. The van der Waals surface area contributed by atoms with Gasteiger partial charge in [0.1, 0.15) is 11.6 Å². The number of halogens is 1. The lowest BCUT2D eigenvalue weighted by Gasteiger charge is -2.16. The van der Waals surface area contributed by atoms with Crippen molar-refractivity contribution in [2.45, 2.75) is 32.6 Å². The number of hydrogen-bond donors (Lipinski definition) is 0. The van der Waals surface area contributed by atoms with Crippen molar-refractivity contribution in [1.29, 1.82) is 0 Å². The van der Waals surface area contributed by atoms with Gasteiger partial charge in [0.25, 0.3) is 10.0 Å². The fourth-order valence-electron chi connectivity index (χ4n) is 3.39. The molecule has 0 saturated carbocycles. The smallest absolute Gasteiger partial charge is 0.316 e. The monoisotopic (exact) mass is 465 g/mol. The quantitative estimate of drug-likeness (QED) is 0.276. The lowest BCUT2D eigenvalue weighted by atomic mass is 9.97. The third kappa shape index (κ3) is 4.41. The topological polar surface area (TPSA) is 65.4 Å². The molecule has 33 heavy (non-hydrogen) atoms. The molecule has 4 rings (SSSR count).